The second-order valence-corrected chi connectivity index (χ2v) is 5.89. The van der Waals surface area contributed by atoms with E-state index in [0.717, 1.165) is 17.1 Å². The third-order valence-electron chi connectivity index (χ3n) is 1.91. The Hall–Kier alpha value is -0.900. The lowest BCUT2D eigenvalue weighted by Crippen LogP contribution is -2.10. The Balaban J connectivity index is 2.55. The van der Waals surface area contributed by atoms with E-state index in [2.05, 4.69) is 25.8 Å². The van der Waals surface area contributed by atoms with Gasteiger partial charge in [-0.25, -0.2) is 4.98 Å². The fourth-order valence-electron chi connectivity index (χ4n) is 1.32. The number of hydrogen-bond donors (Lipinski definition) is 0. The monoisotopic (exact) mass is 241 g/mol. The lowest BCUT2D eigenvalue weighted by Gasteiger charge is -2.15. The van der Waals surface area contributed by atoms with Gasteiger partial charge in [-0.05, 0) is 12.3 Å². The maximum atomic E-state index is 11.2. The molecule has 0 bridgehead atoms. The first kappa shape index (κ1) is 13.2. The molecule has 0 aliphatic heterocycles. The van der Waals surface area contributed by atoms with E-state index in [-0.39, 0.29) is 17.8 Å². The van der Waals surface area contributed by atoms with Gasteiger partial charge < -0.3 is 4.74 Å². The van der Waals surface area contributed by atoms with Gasteiger partial charge in [0.25, 0.3) is 0 Å². The van der Waals surface area contributed by atoms with Crippen molar-refractivity contribution >= 4 is 17.3 Å². The van der Waals surface area contributed by atoms with E-state index in [9.17, 15) is 4.79 Å². The lowest BCUT2D eigenvalue weighted by atomic mass is 9.93. The minimum absolute atomic E-state index is 0.199. The van der Waals surface area contributed by atoms with Gasteiger partial charge in [0.05, 0.1) is 23.7 Å². The number of carbonyl (C=O) groups excluding carboxylic acids is 1. The number of nitrogens with zero attached hydrogens (tertiary/aromatic N) is 1. The largest absolute Gasteiger partial charge is 0.466 e. The molecule has 0 aromatic carbocycles. The average molecular weight is 241 g/mol. The summed E-state index contributed by atoms with van der Waals surface area (Å²) in [6.45, 7) is 8.78. The van der Waals surface area contributed by atoms with Gasteiger partial charge in [0.2, 0.25) is 0 Å². The zero-order chi connectivity index (χ0) is 12.2. The molecule has 0 unspecified atom stereocenters. The van der Waals surface area contributed by atoms with Crippen molar-refractivity contribution in [1.82, 2.24) is 4.98 Å². The van der Waals surface area contributed by atoms with E-state index in [1.807, 2.05) is 12.3 Å². The van der Waals surface area contributed by atoms with Gasteiger partial charge >= 0.3 is 5.97 Å². The van der Waals surface area contributed by atoms with Crippen LogP contribution in [0.5, 0.6) is 0 Å². The quantitative estimate of drug-likeness (QED) is 0.761. The topological polar surface area (TPSA) is 39.2 Å². The normalized spacial score (nSPS) is 11.5. The molecule has 0 amide bonds. The van der Waals surface area contributed by atoms with Crippen LogP contribution >= 0.6 is 11.3 Å². The second-order valence-electron chi connectivity index (χ2n) is 4.95. The number of thiazole rings is 1. The molecule has 1 heterocycles. The van der Waals surface area contributed by atoms with Crippen molar-refractivity contribution in [3.63, 3.8) is 0 Å². The van der Waals surface area contributed by atoms with Gasteiger partial charge in [0.15, 0.2) is 0 Å². The summed E-state index contributed by atoms with van der Waals surface area (Å²) in [7, 11) is 0. The van der Waals surface area contributed by atoms with Crippen LogP contribution in [0.15, 0.2) is 5.38 Å². The molecule has 3 nitrogen and oxygen atoms in total. The Morgan fingerprint density at radius 3 is 2.75 bits per heavy atom. The van der Waals surface area contributed by atoms with Gasteiger partial charge in [-0.1, -0.05) is 20.8 Å². The van der Waals surface area contributed by atoms with E-state index >= 15 is 0 Å². The van der Waals surface area contributed by atoms with Crippen molar-refractivity contribution in [2.75, 3.05) is 6.61 Å². The summed E-state index contributed by atoms with van der Waals surface area (Å²) in [5, 5.41) is 3.03. The highest BCUT2D eigenvalue weighted by molar-refractivity contribution is 7.09. The van der Waals surface area contributed by atoms with E-state index in [0.29, 0.717) is 6.61 Å². The summed E-state index contributed by atoms with van der Waals surface area (Å²) in [6.07, 6.45) is 1.23. The molecule has 1 aromatic heterocycles. The first-order chi connectivity index (χ1) is 7.40. The minimum Gasteiger partial charge on any atom is -0.466 e. The minimum atomic E-state index is -0.199. The molecular formula is C12H19NO2S. The lowest BCUT2D eigenvalue weighted by molar-refractivity contribution is -0.142. The second kappa shape index (κ2) is 5.43. The van der Waals surface area contributed by atoms with Crippen LogP contribution in [0.1, 0.15) is 38.4 Å². The molecule has 1 aromatic rings. The molecule has 0 N–H and O–H groups in total. The van der Waals surface area contributed by atoms with E-state index in [1.54, 1.807) is 11.3 Å². The van der Waals surface area contributed by atoms with Crippen LogP contribution in [0.4, 0.5) is 0 Å². The van der Waals surface area contributed by atoms with Gasteiger partial charge in [-0.2, -0.15) is 0 Å². The van der Waals surface area contributed by atoms with Crippen LogP contribution in [0.3, 0.4) is 0 Å². The average Bonchev–Trinajstić information content (AvgIpc) is 2.49. The highest BCUT2D eigenvalue weighted by atomic mass is 32.1. The molecule has 0 aliphatic rings. The van der Waals surface area contributed by atoms with Crippen molar-refractivity contribution < 1.29 is 9.53 Å². The molecule has 90 valence electrons. The summed E-state index contributed by atoms with van der Waals surface area (Å²) in [5.41, 5.74) is 1.06. The molecule has 0 aliphatic carbocycles. The highest BCUT2D eigenvalue weighted by Crippen LogP contribution is 2.23. The molecule has 16 heavy (non-hydrogen) atoms. The van der Waals surface area contributed by atoms with Gasteiger partial charge in [0.1, 0.15) is 0 Å². The summed E-state index contributed by atoms with van der Waals surface area (Å²) in [5.74, 6) is -0.199. The number of aromatic nitrogens is 1. The van der Waals surface area contributed by atoms with Crippen molar-refractivity contribution in [3.8, 4) is 0 Å². The molecule has 0 spiro atoms. The Labute approximate surface area is 101 Å². The Kier molecular flexibility index (Phi) is 4.47. The highest BCUT2D eigenvalue weighted by Gasteiger charge is 2.15. The summed E-state index contributed by atoms with van der Waals surface area (Å²) < 4.78 is 4.88. The van der Waals surface area contributed by atoms with Gasteiger partial charge in [0, 0.05) is 11.8 Å². The van der Waals surface area contributed by atoms with Crippen LogP contribution in [-0.2, 0) is 22.4 Å². The number of esters is 1. The van der Waals surface area contributed by atoms with E-state index in [1.165, 1.54) is 0 Å². The third kappa shape index (κ3) is 4.75. The van der Waals surface area contributed by atoms with Crippen molar-refractivity contribution in [3.05, 3.63) is 16.1 Å². The van der Waals surface area contributed by atoms with Crippen LogP contribution < -0.4 is 0 Å². The number of hydrogen-bond acceptors (Lipinski definition) is 4. The summed E-state index contributed by atoms with van der Waals surface area (Å²) >= 11 is 1.62. The molecule has 1 rings (SSSR count). The Bertz CT molecular complexity index is 352. The van der Waals surface area contributed by atoms with Crippen LogP contribution in [0.25, 0.3) is 0 Å². The number of rotatable bonds is 4. The Morgan fingerprint density at radius 2 is 2.19 bits per heavy atom. The number of carbonyl (C=O) groups is 1. The fourth-order valence-corrected chi connectivity index (χ4v) is 2.42. The van der Waals surface area contributed by atoms with Crippen molar-refractivity contribution in [1.29, 1.82) is 0 Å². The van der Waals surface area contributed by atoms with E-state index in [4.69, 9.17) is 4.74 Å². The maximum absolute atomic E-state index is 11.2. The first-order valence-electron chi connectivity index (χ1n) is 5.49. The van der Waals surface area contributed by atoms with Crippen LogP contribution in [-0.4, -0.2) is 17.6 Å². The summed E-state index contributed by atoms with van der Waals surface area (Å²) in [6, 6.07) is 0. The van der Waals surface area contributed by atoms with Gasteiger partial charge in [-0.15, -0.1) is 11.3 Å². The van der Waals surface area contributed by atoms with Gasteiger partial charge in [-0.3, -0.25) is 4.79 Å². The predicted octanol–water partition coefficient (Wildman–Crippen LogP) is 2.84. The van der Waals surface area contributed by atoms with Crippen LogP contribution in [0.2, 0.25) is 0 Å². The fraction of sp³-hybridized carbons (Fsp3) is 0.667. The predicted molar refractivity (Wildman–Crippen MR) is 65.6 cm³/mol. The maximum Gasteiger partial charge on any atom is 0.311 e. The Morgan fingerprint density at radius 1 is 1.50 bits per heavy atom. The molecular weight excluding hydrogens is 222 g/mol. The van der Waals surface area contributed by atoms with Crippen LogP contribution in [0, 0.1) is 5.41 Å². The first-order valence-corrected chi connectivity index (χ1v) is 6.37. The molecule has 0 saturated carbocycles. The zero-order valence-corrected chi connectivity index (χ0v) is 11.2. The number of ether oxygens (including phenoxy) is 1. The zero-order valence-electron chi connectivity index (χ0n) is 10.4. The summed E-state index contributed by atoms with van der Waals surface area (Å²) in [4.78, 5) is 15.7. The van der Waals surface area contributed by atoms with E-state index < -0.39 is 0 Å². The molecule has 0 saturated heterocycles. The SMILES string of the molecule is CCOC(=O)Cc1csc(CC(C)(C)C)n1. The molecule has 0 atom stereocenters. The van der Waals surface area contributed by atoms with Crippen molar-refractivity contribution in [2.24, 2.45) is 5.41 Å². The standard InChI is InChI=1S/C12H19NO2S/c1-5-15-11(14)6-9-8-16-10(13-9)7-12(2,3)4/h8H,5-7H2,1-4H3. The van der Waals surface area contributed by atoms with Crippen molar-refractivity contribution in [2.45, 2.75) is 40.5 Å². The third-order valence-corrected chi connectivity index (χ3v) is 2.81. The smallest absolute Gasteiger partial charge is 0.311 e. The molecule has 4 heteroatoms. The molecule has 0 radical (unpaired) electrons. The molecule has 0 fully saturated rings.